The molecule has 2 saturated carbocycles. The van der Waals surface area contributed by atoms with Gasteiger partial charge in [0.2, 0.25) is 0 Å². The van der Waals surface area contributed by atoms with Crippen LogP contribution in [0.4, 0.5) is 0 Å². The fourth-order valence-electron chi connectivity index (χ4n) is 5.31. The Morgan fingerprint density at radius 2 is 2.22 bits per heavy atom. The average Bonchev–Trinajstić information content (AvgIpc) is 3.03. The summed E-state index contributed by atoms with van der Waals surface area (Å²) >= 11 is 0. The number of hydrogen-bond acceptors (Lipinski definition) is 3. The Morgan fingerprint density at radius 1 is 1.37 bits per heavy atom. The molecule has 1 aromatic rings. The predicted octanol–water partition coefficient (Wildman–Crippen LogP) is 3.06. The molecule has 2 N–H and O–H groups in total. The first-order chi connectivity index (χ1) is 13.2. The fourth-order valence-corrected chi connectivity index (χ4v) is 5.31. The van der Waals surface area contributed by atoms with Crippen molar-refractivity contribution < 1.29 is 9.47 Å². The third-order valence-electron chi connectivity index (χ3n) is 6.76. The number of aryl methyl sites for hydroxylation is 1. The van der Waals surface area contributed by atoms with Crippen LogP contribution in [0, 0.1) is 18.3 Å². The van der Waals surface area contributed by atoms with Crippen molar-refractivity contribution in [2.75, 3.05) is 26.8 Å². The van der Waals surface area contributed by atoms with E-state index in [9.17, 15) is 0 Å². The van der Waals surface area contributed by atoms with Gasteiger partial charge in [-0.2, -0.15) is 0 Å². The Morgan fingerprint density at radius 3 is 2.93 bits per heavy atom. The van der Waals surface area contributed by atoms with Gasteiger partial charge in [0.25, 0.3) is 0 Å². The van der Waals surface area contributed by atoms with E-state index < -0.39 is 0 Å². The highest BCUT2D eigenvalue weighted by Gasteiger charge is 2.66. The molecule has 1 aromatic carbocycles. The lowest BCUT2D eigenvalue weighted by atomic mass is 9.46. The molecule has 5 heteroatoms. The number of methoxy groups -OCH3 is 1. The molecule has 3 unspecified atom stereocenters. The zero-order valence-corrected chi connectivity index (χ0v) is 16.9. The van der Waals surface area contributed by atoms with Crippen molar-refractivity contribution in [3.63, 3.8) is 0 Å². The molecule has 27 heavy (non-hydrogen) atoms. The Kier molecular flexibility index (Phi) is 5.31. The van der Waals surface area contributed by atoms with Gasteiger partial charge in [-0.05, 0) is 51.2 Å². The lowest BCUT2D eigenvalue weighted by Gasteiger charge is -2.63. The quantitative estimate of drug-likeness (QED) is 0.596. The largest absolute Gasteiger partial charge is 0.496 e. The summed E-state index contributed by atoms with van der Waals surface area (Å²) < 4.78 is 11.5. The van der Waals surface area contributed by atoms with E-state index >= 15 is 0 Å². The summed E-state index contributed by atoms with van der Waals surface area (Å²) in [6, 6.07) is 6.86. The minimum atomic E-state index is 0.372. The second kappa shape index (κ2) is 7.70. The number of rotatable bonds is 6. The molecule has 1 saturated heterocycles. The minimum absolute atomic E-state index is 0.372. The van der Waals surface area contributed by atoms with Crippen LogP contribution in [0.5, 0.6) is 5.75 Å². The van der Waals surface area contributed by atoms with Gasteiger partial charge < -0.3 is 20.1 Å². The van der Waals surface area contributed by atoms with Crippen LogP contribution in [0.25, 0.3) is 0 Å². The van der Waals surface area contributed by atoms with Crippen LogP contribution >= 0.6 is 0 Å². The molecule has 0 aromatic heterocycles. The Labute approximate surface area is 162 Å². The number of ether oxygens (including phenoxy) is 2. The van der Waals surface area contributed by atoms with Crippen molar-refractivity contribution in [1.29, 1.82) is 0 Å². The molecule has 0 radical (unpaired) electrons. The predicted molar refractivity (Wildman–Crippen MR) is 108 cm³/mol. The van der Waals surface area contributed by atoms with Gasteiger partial charge >= 0.3 is 0 Å². The van der Waals surface area contributed by atoms with Gasteiger partial charge in [0, 0.05) is 37.1 Å². The zero-order valence-electron chi connectivity index (χ0n) is 16.9. The van der Waals surface area contributed by atoms with Crippen molar-refractivity contribution >= 4 is 5.96 Å². The van der Waals surface area contributed by atoms with Crippen LogP contribution in [0.3, 0.4) is 0 Å². The van der Waals surface area contributed by atoms with Gasteiger partial charge in [-0.25, -0.2) is 0 Å². The van der Waals surface area contributed by atoms with Crippen LogP contribution in [0.1, 0.15) is 43.7 Å². The Balaban J connectivity index is 1.41. The molecular weight excluding hydrogens is 338 g/mol. The molecule has 3 atom stereocenters. The summed E-state index contributed by atoms with van der Waals surface area (Å²) in [6.45, 7) is 6.80. The summed E-state index contributed by atoms with van der Waals surface area (Å²) in [7, 11) is 1.73. The molecule has 1 heterocycles. The first-order valence-corrected chi connectivity index (χ1v) is 10.5. The van der Waals surface area contributed by atoms with E-state index in [1.807, 2.05) is 6.07 Å². The number of guanidine groups is 1. The fraction of sp³-hybridized carbons (Fsp3) is 0.682. The molecule has 4 rings (SSSR count). The van der Waals surface area contributed by atoms with Crippen molar-refractivity contribution in [3.8, 4) is 5.75 Å². The van der Waals surface area contributed by atoms with Crippen LogP contribution in [0.2, 0.25) is 0 Å². The number of hydrogen-bond donors (Lipinski definition) is 2. The maximum absolute atomic E-state index is 6.04. The summed E-state index contributed by atoms with van der Waals surface area (Å²) in [6.07, 6.45) is 6.49. The van der Waals surface area contributed by atoms with Gasteiger partial charge in [-0.1, -0.05) is 24.1 Å². The molecule has 2 aliphatic carbocycles. The minimum Gasteiger partial charge on any atom is -0.496 e. The maximum Gasteiger partial charge on any atom is 0.191 e. The molecule has 0 bridgehead atoms. The summed E-state index contributed by atoms with van der Waals surface area (Å²) in [5.74, 6) is 2.56. The molecule has 3 aliphatic rings. The second-order valence-corrected chi connectivity index (χ2v) is 8.28. The highest BCUT2D eigenvalue weighted by molar-refractivity contribution is 5.80. The SMILES string of the molecule is CCNC(=NCCc1cc(C)ccc1OC)NC1C2CCOC2C12CCC2. The third-order valence-corrected chi connectivity index (χ3v) is 6.76. The van der Waals surface area contributed by atoms with Crippen LogP contribution in [0.15, 0.2) is 23.2 Å². The van der Waals surface area contributed by atoms with E-state index in [0.29, 0.717) is 23.5 Å². The molecule has 1 spiro atoms. The highest BCUT2D eigenvalue weighted by atomic mass is 16.5. The summed E-state index contributed by atoms with van der Waals surface area (Å²) in [5, 5.41) is 7.21. The zero-order chi connectivity index (χ0) is 18.9. The third kappa shape index (κ3) is 3.31. The number of nitrogens with one attached hydrogen (secondary N) is 2. The average molecular weight is 372 g/mol. The topological polar surface area (TPSA) is 54.9 Å². The van der Waals surface area contributed by atoms with Gasteiger partial charge in [-0.3, -0.25) is 4.99 Å². The van der Waals surface area contributed by atoms with E-state index in [1.165, 1.54) is 36.8 Å². The number of fused-ring (bicyclic) bond motifs is 2. The first kappa shape index (κ1) is 18.6. The standard InChI is InChI=1S/C22H33N3O2/c1-4-23-21(24-12-8-16-14-15(2)6-7-18(16)26-3)25-19-17-9-13-27-20(17)22(19)10-5-11-22/h6-7,14,17,19-20H,4-5,8-13H2,1-3H3,(H2,23,24,25). The highest BCUT2D eigenvalue weighted by Crippen LogP contribution is 2.62. The lowest BCUT2D eigenvalue weighted by Crippen LogP contribution is -2.72. The molecule has 3 fully saturated rings. The van der Waals surface area contributed by atoms with Crippen LogP contribution in [-0.2, 0) is 11.2 Å². The van der Waals surface area contributed by atoms with Crippen molar-refractivity contribution in [3.05, 3.63) is 29.3 Å². The maximum atomic E-state index is 6.04. The number of benzene rings is 1. The van der Waals surface area contributed by atoms with Crippen molar-refractivity contribution in [2.24, 2.45) is 16.3 Å². The van der Waals surface area contributed by atoms with Gasteiger partial charge in [0.1, 0.15) is 5.75 Å². The van der Waals surface area contributed by atoms with Crippen LogP contribution in [-0.4, -0.2) is 44.9 Å². The number of aliphatic imine (C=N–C) groups is 1. The second-order valence-electron chi connectivity index (χ2n) is 8.28. The van der Waals surface area contributed by atoms with Gasteiger partial charge in [0.05, 0.1) is 13.2 Å². The Bertz CT molecular complexity index is 699. The van der Waals surface area contributed by atoms with E-state index in [0.717, 1.165) is 37.8 Å². The van der Waals surface area contributed by atoms with E-state index in [1.54, 1.807) is 7.11 Å². The van der Waals surface area contributed by atoms with Gasteiger partial charge in [0.15, 0.2) is 5.96 Å². The molecule has 0 amide bonds. The van der Waals surface area contributed by atoms with E-state index in [2.05, 4.69) is 36.6 Å². The summed E-state index contributed by atoms with van der Waals surface area (Å²) in [5.41, 5.74) is 2.85. The monoisotopic (exact) mass is 371 g/mol. The Hall–Kier alpha value is -1.75. The molecular formula is C22H33N3O2. The smallest absolute Gasteiger partial charge is 0.191 e. The van der Waals surface area contributed by atoms with Crippen LogP contribution < -0.4 is 15.4 Å². The summed E-state index contributed by atoms with van der Waals surface area (Å²) in [4.78, 5) is 4.87. The molecule has 5 nitrogen and oxygen atoms in total. The van der Waals surface area contributed by atoms with Crippen molar-refractivity contribution in [1.82, 2.24) is 10.6 Å². The first-order valence-electron chi connectivity index (χ1n) is 10.5. The molecule has 1 aliphatic heterocycles. The lowest BCUT2D eigenvalue weighted by molar-refractivity contribution is -0.171. The van der Waals surface area contributed by atoms with Gasteiger partial charge in [-0.15, -0.1) is 0 Å². The van der Waals surface area contributed by atoms with Crippen molar-refractivity contribution in [2.45, 2.75) is 58.1 Å². The van der Waals surface area contributed by atoms with E-state index in [-0.39, 0.29) is 0 Å². The number of nitrogens with zero attached hydrogens (tertiary/aromatic N) is 1. The van der Waals surface area contributed by atoms with E-state index in [4.69, 9.17) is 14.5 Å². The molecule has 148 valence electrons. The normalized spacial score (nSPS) is 28.3.